The van der Waals surface area contributed by atoms with Crippen LogP contribution in [-0.2, 0) is 0 Å². The monoisotopic (exact) mass is 629 g/mol. The third-order valence-corrected chi connectivity index (χ3v) is 10.0. The van der Waals surface area contributed by atoms with Crippen LogP contribution in [0, 0.1) is 5.92 Å². The van der Waals surface area contributed by atoms with Gasteiger partial charge in [0.2, 0.25) is 0 Å². The summed E-state index contributed by atoms with van der Waals surface area (Å²) in [5, 5.41) is 4.97. The minimum Gasteiger partial charge on any atom is -0.297 e. The van der Waals surface area contributed by atoms with Crippen LogP contribution in [0.15, 0.2) is 180 Å². The second kappa shape index (κ2) is 12.2. The molecule has 1 aromatic heterocycles. The van der Waals surface area contributed by atoms with Crippen molar-refractivity contribution in [1.29, 1.82) is 0 Å². The van der Waals surface area contributed by atoms with Gasteiger partial charge in [0.15, 0.2) is 5.84 Å². The number of nitrogens with zero attached hydrogens (tertiary/aromatic N) is 3. The van der Waals surface area contributed by atoms with E-state index in [1.807, 2.05) is 0 Å². The van der Waals surface area contributed by atoms with E-state index in [1.165, 1.54) is 60.4 Å². The Balaban J connectivity index is 1.21. The quantitative estimate of drug-likeness (QED) is 0.181. The molecule has 0 amide bonds. The molecule has 0 saturated heterocycles. The number of aliphatic imine (C=N–C) groups is 2. The van der Waals surface area contributed by atoms with Crippen molar-refractivity contribution in [2.75, 3.05) is 0 Å². The predicted molar refractivity (Wildman–Crippen MR) is 207 cm³/mol. The van der Waals surface area contributed by atoms with Crippen LogP contribution in [0.2, 0.25) is 0 Å². The summed E-state index contributed by atoms with van der Waals surface area (Å²) < 4.78 is 2.39. The number of benzene rings is 7. The molecule has 0 saturated carbocycles. The first-order valence-corrected chi connectivity index (χ1v) is 17.1. The van der Waals surface area contributed by atoms with Crippen LogP contribution in [0.1, 0.15) is 30.5 Å². The molecule has 7 aromatic carbocycles. The molecule has 2 atom stereocenters. The maximum absolute atomic E-state index is 5.49. The summed E-state index contributed by atoms with van der Waals surface area (Å²) in [5.74, 6) is 1.88. The van der Waals surface area contributed by atoms with Gasteiger partial charge < -0.3 is 0 Å². The van der Waals surface area contributed by atoms with Gasteiger partial charge in [0, 0.05) is 22.3 Å². The van der Waals surface area contributed by atoms with Crippen molar-refractivity contribution in [3.05, 3.63) is 181 Å². The van der Waals surface area contributed by atoms with Gasteiger partial charge in [-0.15, -0.1) is 0 Å². The van der Waals surface area contributed by atoms with Gasteiger partial charge in [0.05, 0.1) is 17.1 Å². The normalized spacial score (nSPS) is 16.2. The van der Waals surface area contributed by atoms with Crippen molar-refractivity contribution >= 4 is 44.2 Å². The van der Waals surface area contributed by atoms with Crippen molar-refractivity contribution in [3.8, 4) is 22.3 Å². The zero-order valence-corrected chi connectivity index (χ0v) is 27.4. The number of amidine groups is 1. The Hall–Kier alpha value is -6.06. The van der Waals surface area contributed by atoms with Crippen molar-refractivity contribution in [2.24, 2.45) is 15.9 Å². The van der Waals surface area contributed by atoms with Crippen molar-refractivity contribution in [1.82, 2.24) is 4.57 Å². The number of hydrogen-bond donors (Lipinski definition) is 0. The van der Waals surface area contributed by atoms with Crippen LogP contribution >= 0.6 is 0 Å². The van der Waals surface area contributed by atoms with Gasteiger partial charge in [-0.25, -0.2) is 4.99 Å². The lowest BCUT2D eigenvalue weighted by Crippen LogP contribution is -2.32. The first kappa shape index (κ1) is 29.1. The van der Waals surface area contributed by atoms with Crippen LogP contribution in [0.3, 0.4) is 0 Å². The van der Waals surface area contributed by atoms with E-state index in [0.717, 1.165) is 23.7 Å². The van der Waals surface area contributed by atoms with Crippen LogP contribution in [0.4, 0.5) is 0 Å². The van der Waals surface area contributed by atoms with E-state index in [2.05, 4.69) is 181 Å². The van der Waals surface area contributed by atoms with Crippen LogP contribution in [0.25, 0.3) is 54.8 Å². The average molecular weight is 630 g/mol. The molecule has 3 heteroatoms. The van der Waals surface area contributed by atoms with Gasteiger partial charge in [0.1, 0.15) is 5.84 Å². The molecule has 9 rings (SSSR count). The Morgan fingerprint density at radius 3 is 1.80 bits per heavy atom. The lowest BCUT2D eigenvalue weighted by Gasteiger charge is -2.31. The molecule has 0 bridgehead atoms. The highest BCUT2D eigenvalue weighted by atomic mass is 15.1. The number of fused-ring (bicyclic) bond motifs is 4. The first-order chi connectivity index (χ1) is 24.2. The molecule has 49 heavy (non-hydrogen) atoms. The molecule has 2 unspecified atom stereocenters. The fraction of sp³-hybridized carbons (Fsp3) is 0.0870. The van der Waals surface area contributed by atoms with Crippen LogP contribution in [-0.4, -0.2) is 16.2 Å². The summed E-state index contributed by atoms with van der Waals surface area (Å²) in [7, 11) is 0. The second-order valence-electron chi connectivity index (χ2n) is 12.9. The lowest BCUT2D eigenvalue weighted by molar-refractivity contribution is 0.522. The molecular weight excluding hydrogens is 595 g/mol. The van der Waals surface area contributed by atoms with E-state index in [1.54, 1.807) is 0 Å². The summed E-state index contributed by atoms with van der Waals surface area (Å²) >= 11 is 0. The highest BCUT2D eigenvalue weighted by Crippen LogP contribution is 2.39. The standard InChI is InChI=1S/C46H35N3/c1-2-39-44(38-18-12-17-36(30-38)31-13-4-3-5-14-31)47-45(34-26-23-33(24-27-34)37-28-25-32-15-6-7-16-35(32)29-37)48-46(39)49-42-21-10-8-19-40(42)41-20-9-11-22-43(41)49/h3-30,39,44H,2H2,1H3. The Morgan fingerprint density at radius 2 is 1.06 bits per heavy atom. The number of rotatable bonds is 5. The van der Waals surface area contributed by atoms with Gasteiger partial charge in [0.25, 0.3) is 0 Å². The van der Waals surface area contributed by atoms with Crippen molar-refractivity contribution in [3.63, 3.8) is 0 Å². The summed E-state index contributed by atoms with van der Waals surface area (Å²) in [4.78, 5) is 11.0. The maximum atomic E-state index is 5.49. The third kappa shape index (κ3) is 5.15. The lowest BCUT2D eigenvalue weighted by atomic mass is 9.87. The van der Waals surface area contributed by atoms with E-state index < -0.39 is 0 Å². The van der Waals surface area contributed by atoms with Gasteiger partial charge in [-0.3, -0.25) is 9.56 Å². The predicted octanol–water partition coefficient (Wildman–Crippen LogP) is 11.8. The molecule has 234 valence electrons. The third-order valence-electron chi connectivity index (χ3n) is 10.0. The van der Waals surface area contributed by atoms with Crippen LogP contribution < -0.4 is 0 Å². The summed E-state index contributed by atoms with van der Waals surface area (Å²) in [6.07, 6.45) is 0.900. The summed E-state index contributed by atoms with van der Waals surface area (Å²) in [6, 6.07) is 60.8. The van der Waals surface area contributed by atoms with Gasteiger partial charge in [-0.2, -0.15) is 0 Å². The van der Waals surface area contributed by atoms with Gasteiger partial charge in [-0.05, 0) is 69.3 Å². The molecule has 0 fully saturated rings. The molecule has 3 nitrogen and oxygen atoms in total. The minimum absolute atomic E-state index is 0.0749. The zero-order valence-electron chi connectivity index (χ0n) is 27.4. The van der Waals surface area contributed by atoms with E-state index in [4.69, 9.17) is 9.98 Å². The van der Waals surface area contributed by atoms with E-state index in [0.29, 0.717) is 0 Å². The number of hydrogen-bond acceptors (Lipinski definition) is 2. The van der Waals surface area contributed by atoms with E-state index in [9.17, 15) is 0 Å². The Kier molecular flexibility index (Phi) is 7.24. The summed E-state index contributed by atoms with van der Waals surface area (Å²) in [6.45, 7) is 2.26. The fourth-order valence-electron chi connectivity index (χ4n) is 7.53. The molecule has 0 radical (unpaired) electrons. The van der Waals surface area contributed by atoms with Crippen molar-refractivity contribution in [2.45, 2.75) is 19.4 Å². The second-order valence-corrected chi connectivity index (χ2v) is 12.9. The topological polar surface area (TPSA) is 29.6 Å². The summed E-state index contributed by atoms with van der Waals surface area (Å²) in [5.41, 5.74) is 9.34. The Labute approximate surface area is 286 Å². The fourth-order valence-corrected chi connectivity index (χ4v) is 7.53. The molecule has 1 aliphatic rings. The van der Waals surface area contributed by atoms with E-state index >= 15 is 0 Å². The smallest absolute Gasteiger partial charge is 0.157 e. The molecule has 0 aliphatic carbocycles. The Bertz CT molecular complexity index is 2480. The molecule has 2 heterocycles. The first-order valence-electron chi connectivity index (χ1n) is 17.1. The average Bonchev–Trinajstić information content (AvgIpc) is 3.52. The zero-order chi connectivity index (χ0) is 32.7. The molecule has 0 N–H and O–H groups in total. The molecular formula is C46H35N3. The van der Waals surface area contributed by atoms with Gasteiger partial charge >= 0.3 is 0 Å². The highest BCUT2D eigenvalue weighted by molar-refractivity contribution is 6.18. The largest absolute Gasteiger partial charge is 0.297 e. The van der Waals surface area contributed by atoms with Crippen LogP contribution in [0.5, 0.6) is 0 Å². The molecule has 0 spiro atoms. The Morgan fingerprint density at radius 1 is 0.490 bits per heavy atom. The highest BCUT2D eigenvalue weighted by Gasteiger charge is 2.33. The molecule has 8 aromatic rings. The van der Waals surface area contributed by atoms with Crippen molar-refractivity contribution < 1.29 is 0 Å². The minimum atomic E-state index is -0.101. The van der Waals surface area contributed by atoms with Gasteiger partial charge in [-0.1, -0.05) is 153 Å². The number of para-hydroxylation sites is 2. The SMILES string of the molecule is CCC1C(n2c3ccccc3c3ccccc32)=NC(c2ccc(-c3ccc4ccccc4c3)cc2)=NC1c1cccc(-c2ccccc2)c1. The van der Waals surface area contributed by atoms with E-state index in [-0.39, 0.29) is 12.0 Å². The molecule has 1 aliphatic heterocycles. The number of aromatic nitrogens is 1. The maximum Gasteiger partial charge on any atom is 0.157 e.